The fourth-order valence-electron chi connectivity index (χ4n) is 3.26. The van der Waals surface area contributed by atoms with Gasteiger partial charge in [0.25, 0.3) is 0 Å². The molecular weight excluding hydrogens is 294 g/mol. The monoisotopic (exact) mass is 331 g/mol. The predicted octanol–water partition coefficient (Wildman–Crippen LogP) is 3.85. The van der Waals surface area contributed by atoms with Crippen LogP contribution in [0.2, 0.25) is 0 Å². The van der Waals surface area contributed by atoms with Gasteiger partial charge in [-0.15, -0.1) is 6.58 Å². The Morgan fingerprint density at radius 1 is 1.17 bits per heavy atom. The largest absolute Gasteiger partial charge is 0.330 e. The Balaban J connectivity index is 0.000000277. The fraction of sp³-hybridized carbons (Fsp3) is 0.619. The molecule has 24 heavy (non-hydrogen) atoms. The van der Waals surface area contributed by atoms with E-state index in [1.807, 2.05) is 0 Å². The molecule has 1 aromatic carbocycles. The van der Waals surface area contributed by atoms with Crippen molar-refractivity contribution in [3.63, 3.8) is 0 Å². The van der Waals surface area contributed by atoms with E-state index in [0.717, 1.165) is 25.8 Å². The van der Waals surface area contributed by atoms with Crippen LogP contribution >= 0.6 is 0 Å². The van der Waals surface area contributed by atoms with Gasteiger partial charge in [0, 0.05) is 12.1 Å². The molecule has 1 aliphatic rings. The average Bonchev–Trinajstić information content (AvgIpc) is 2.56. The van der Waals surface area contributed by atoms with Gasteiger partial charge in [-0.25, -0.2) is 0 Å². The average molecular weight is 332 g/mol. The summed E-state index contributed by atoms with van der Waals surface area (Å²) in [5.74, 6) is 1.27. The first-order chi connectivity index (χ1) is 11.4. The van der Waals surface area contributed by atoms with Gasteiger partial charge in [-0.1, -0.05) is 48.7 Å². The van der Waals surface area contributed by atoms with E-state index >= 15 is 0 Å². The van der Waals surface area contributed by atoms with Gasteiger partial charge >= 0.3 is 0 Å². The Morgan fingerprint density at radius 3 is 2.21 bits per heavy atom. The highest BCUT2D eigenvalue weighted by atomic mass is 14.8. The Labute approximate surface area is 148 Å². The van der Waals surface area contributed by atoms with Gasteiger partial charge in [0.1, 0.15) is 0 Å². The van der Waals surface area contributed by atoms with E-state index in [1.165, 1.54) is 29.5 Å². The van der Waals surface area contributed by atoms with E-state index in [9.17, 15) is 0 Å². The molecule has 1 fully saturated rings. The van der Waals surface area contributed by atoms with Crippen LogP contribution in [0.25, 0.3) is 0 Å². The van der Waals surface area contributed by atoms with Gasteiger partial charge in [0.2, 0.25) is 0 Å². The minimum Gasteiger partial charge on any atom is -0.330 e. The van der Waals surface area contributed by atoms with Gasteiger partial charge in [-0.2, -0.15) is 0 Å². The summed E-state index contributed by atoms with van der Waals surface area (Å²) in [6, 6.07) is 9.18. The first kappa shape index (κ1) is 20.9. The maximum atomic E-state index is 6.01. The molecule has 0 radical (unpaired) electrons. The second kappa shape index (κ2) is 10.7. The van der Waals surface area contributed by atoms with Crippen molar-refractivity contribution in [2.24, 2.45) is 23.1 Å². The molecule has 0 bridgehead atoms. The molecule has 6 N–H and O–H groups in total. The molecule has 0 spiro atoms. The minimum atomic E-state index is 0.171. The quantitative estimate of drug-likeness (QED) is 0.717. The van der Waals surface area contributed by atoms with Crippen LogP contribution in [0.1, 0.15) is 63.0 Å². The SMILES string of the molecule is C=C(C)CC(CC)CN.Cc1ccc(C2CCC(N)C(N)C2)cc1. The molecule has 4 atom stereocenters. The van der Waals surface area contributed by atoms with Crippen LogP contribution in [0.3, 0.4) is 0 Å². The lowest BCUT2D eigenvalue weighted by atomic mass is 9.79. The van der Waals surface area contributed by atoms with E-state index in [2.05, 4.69) is 51.6 Å². The van der Waals surface area contributed by atoms with E-state index in [-0.39, 0.29) is 12.1 Å². The van der Waals surface area contributed by atoms with Crippen LogP contribution in [-0.4, -0.2) is 18.6 Å². The maximum Gasteiger partial charge on any atom is 0.0198 e. The van der Waals surface area contributed by atoms with Crippen LogP contribution in [0.4, 0.5) is 0 Å². The van der Waals surface area contributed by atoms with Crippen molar-refractivity contribution in [2.45, 2.75) is 70.9 Å². The van der Waals surface area contributed by atoms with Crippen molar-refractivity contribution in [3.05, 3.63) is 47.5 Å². The third-order valence-corrected chi connectivity index (χ3v) is 5.05. The third kappa shape index (κ3) is 7.16. The molecule has 3 nitrogen and oxygen atoms in total. The minimum absolute atomic E-state index is 0.171. The van der Waals surface area contributed by atoms with Crippen molar-refractivity contribution in [2.75, 3.05) is 6.54 Å². The summed E-state index contributed by atoms with van der Waals surface area (Å²) in [7, 11) is 0. The van der Waals surface area contributed by atoms with Crippen LogP contribution < -0.4 is 17.2 Å². The van der Waals surface area contributed by atoms with Crippen LogP contribution in [0.5, 0.6) is 0 Å². The Kier molecular flexibility index (Phi) is 9.27. The highest BCUT2D eigenvalue weighted by Crippen LogP contribution is 2.31. The normalized spacial score (nSPS) is 24.7. The van der Waals surface area contributed by atoms with Gasteiger partial charge in [0.05, 0.1) is 0 Å². The summed E-state index contributed by atoms with van der Waals surface area (Å²) in [5.41, 5.74) is 21.4. The van der Waals surface area contributed by atoms with Gasteiger partial charge < -0.3 is 17.2 Å². The Bertz CT molecular complexity index is 476. The Morgan fingerprint density at radius 2 is 1.79 bits per heavy atom. The van der Waals surface area contributed by atoms with E-state index in [0.29, 0.717) is 11.8 Å². The standard InChI is InChI=1S/C13H20N2.C8H17N/c1-9-2-4-10(5-3-9)11-6-7-12(14)13(15)8-11;1-4-8(6-9)5-7(2)3/h2-5,11-13H,6-8,14-15H2,1H3;8H,2,4-6,9H2,1,3H3. The van der Waals surface area contributed by atoms with Crippen LogP contribution in [0.15, 0.2) is 36.4 Å². The van der Waals surface area contributed by atoms with Gasteiger partial charge in [-0.3, -0.25) is 0 Å². The van der Waals surface area contributed by atoms with Crippen molar-refractivity contribution in [1.29, 1.82) is 0 Å². The fourth-order valence-corrected chi connectivity index (χ4v) is 3.26. The third-order valence-electron chi connectivity index (χ3n) is 5.05. The molecule has 2 rings (SSSR count). The summed E-state index contributed by atoms with van der Waals surface area (Å²) in [6.07, 6.45) is 5.53. The Hall–Kier alpha value is -1.16. The summed E-state index contributed by atoms with van der Waals surface area (Å²) >= 11 is 0. The molecule has 0 aliphatic heterocycles. The number of aryl methyl sites for hydroxylation is 1. The first-order valence-electron chi connectivity index (χ1n) is 9.29. The number of hydrogen-bond acceptors (Lipinski definition) is 3. The zero-order chi connectivity index (χ0) is 18.1. The molecule has 0 amide bonds. The van der Waals surface area contributed by atoms with Crippen molar-refractivity contribution < 1.29 is 0 Å². The molecule has 4 unspecified atom stereocenters. The van der Waals surface area contributed by atoms with E-state index in [4.69, 9.17) is 17.2 Å². The second-order valence-electron chi connectivity index (χ2n) is 7.42. The number of rotatable bonds is 5. The van der Waals surface area contributed by atoms with Crippen molar-refractivity contribution in [1.82, 2.24) is 0 Å². The van der Waals surface area contributed by atoms with Gasteiger partial charge in [0.15, 0.2) is 0 Å². The molecule has 0 aromatic heterocycles. The topological polar surface area (TPSA) is 78.1 Å². The molecule has 136 valence electrons. The summed E-state index contributed by atoms with van der Waals surface area (Å²) in [5, 5.41) is 0. The molecule has 1 aromatic rings. The molecule has 1 saturated carbocycles. The lowest BCUT2D eigenvalue weighted by molar-refractivity contribution is 0.347. The smallest absolute Gasteiger partial charge is 0.0198 e. The van der Waals surface area contributed by atoms with E-state index in [1.54, 1.807) is 0 Å². The molecule has 3 heteroatoms. The second-order valence-corrected chi connectivity index (χ2v) is 7.42. The van der Waals surface area contributed by atoms with Crippen LogP contribution in [0, 0.1) is 12.8 Å². The number of nitrogens with two attached hydrogens (primary N) is 3. The zero-order valence-corrected chi connectivity index (χ0v) is 15.8. The van der Waals surface area contributed by atoms with Crippen LogP contribution in [-0.2, 0) is 0 Å². The van der Waals surface area contributed by atoms with Crippen molar-refractivity contribution >= 4 is 0 Å². The number of benzene rings is 1. The lowest BCUT2D eigenvalue weighted by Gasteiger charge is -2.31. The maximum absolute atomic E-state index is 6.01. The zero-order valence-electron chi connectivity index (χ0n) is 15.8. The summed E-state index contributed by atoms with van der Waals surface area (Å²) in [6.45, 7) is 11.0. The highest BCUT2D eigenvalue weighted by molar-refractivity contribution is 5.25. The number of allylic oxidation sites excluding steroid dienone is 1. The molecular formula is C21H37N3. The predicted molar refractivity (Wildman–Crippen MR) is 106 cm³/mol. The molecule has 0 heterocycles. The highest BCUT2D eigenvalue weighted by Gasteiger charge is 2.26. The summed E-state index contributed by atoms with van der Waals surface area (Å²) < 4.78 is 0. The summed E-state index contributed by atoms with van der Waals surface area (Å²) in [4.78, 5) is 0. The van der Waals surface area contributed by atoms with E-state index < -0.39 is 0 Å². The lowest BCUT2D eigenvalue weighted by Crippen LogP contribution is -2.45. The molecule has 0 saturated heterocycles. The number of hydrogen-bond donors (Lipinski definition) is 3. The van der Waals surface area contributed by atoms with Crippen molar-refractivity contribution in [3.8, 4) is 0 Å². The molecule has 1 aliphatic carbocycles. The first-order valence-corrected chi connectivity index (χ1v) is 9.29. The van der Waals surface area contributed by atoms with Gasteiger partial charge in [-0.05, 0) is 63.5 Å².